The Hall–Kier alpha value is -2.26. The molecule has 0 saturated carbocycles. The number of morpholine rings is 1. The van der Waals surface area contributed by atoms with Crippen LogP contribution in [0.25, 0.3) is 10.2 Å². The van der Waals surface area contributed by atoms with Crippen LogP contribution in [-0.4, -0.2) is 57.2 Å². The monoisotopic (exact) mass is 323 g/mol. The standard InChI is InChI=1S/C13H13N3O5S/c17-10(15-2-3-21-9(5-15)13(19)20)6-16-7-14-11-8(12(16)18)1-4-22-11/h1,4,7,9H,2-3,5-6H2,(H,19,20). The maximum Gasteiger partial charge on any atom is 0.334 e. The molecule has 1 aliphatic heterocycles. The molecule has 2 aromatic heterocycles. The van der Waals surface area contributed by atoms with Gasteiger partial charge in [0.1, 0.15) is 11.4 Å². The van der Waals surface area contributed by atoms with Crippen LogP contribution in [0.5, 0.6) is 0 Å². The van der Waals surface area contributed by atoms with Crippen molar-refractivity contribution in [1.29, 1.82) is 0 Å². The Morgan fingerprint density at radius 2 is 2.32 bits per heavy atom. The van der Waals surface area contributed by atoms with Gasteiger partial charge in [0.15, 0.2) is 6.10 Å². The topological polar surface area (TPSA) is 102 Å². The van der Waals surface area contributed by atoms with E-state index in [1.165, 1.54) is 27.1 Å². The number of carbonyl (C=O) groups is 2. The molecule has 2 aromatic rings. The van der Waals surface area contributed by atoms with Gasteiger partial charge in [0, 0.05) is 6.54 Å². The van der Waals surface area contributed by atoms with Crippen molar-refractivity contribution in [2.24, 2.45) is 0 Å². The number of thiophene rings is 1. The molecule has 1 amide bonds. The first-order valence-corrected chi connectivity index (χ1v) is 7.49. The molecular formula is C13H13N3O5S. The SMILES string of the molecule is O=C(O)C1CN(C(=O)Cn2cnc3sccc3c2=O)CCO1. The molecule has 9 heteroatoms. The third kappa shape index (κ3) is 2.72. The summed E-state index contributed by atoms with van der Waals surface area (Å²) in [7, 11) is 0. The fraction of sp³-hybridized carbons (Fsp3) is 0.385. The van der Waals surface area contributed by atoms with Crippen LogP contribution in [0.2, 0.25) is 0 Å². The van der Waals surface area contributed by atoms with Crippen LogP contribution in [0.15, 0.2) is 22.6 Å². The van der Waals surface area contributed by atoms with Gasteiger partial charge in [-0.3, -0.25) is 14.2 Å². The van der Waals surface area contributed by atoms with E-state index in [2.05, 4.69) is 4.98 Å². The number of hydrogen-bond acceptors (Lipinski definition) is 6. The molecule has 1 saturated heterocycles. The van der Waals surface area contributed by atoms with Crippen LogP contribution in [0.4, 0.5) is 0 Å². The molecule has 1 aliphatic rings. The average molecular weight is 323 g/mol. The summed E-state index contributed by atoms with van der Waals surface area (Å²) < 4.78 is 6.31. The van der Waals surface area contributed by atoms with Crippen LogP contribution in [-0.2, 0) is 20.9 Å². The number of rotatable bonds is 3. The summed E-state index contributed by atoms with van der Waals surface area (Å²) in [4.78, 5) is 41.6. The normalized spacial score (nSPS) is 18.5. The third-order valence-corrected chi connectivity index (χ3v) is 4.27. The molecule has 0 bridgehead atoms. The number of ether oxygens (including phenoxy) is 1. The van der Waals surface area contributed by atoms with Crippen molar-refractivity contribution in [3.63, 3.8) is 0 Å². The summed E-state index contributed by atoms with van der Waals surface area (Å²) in [6, 6.07) is 1.67. The Bertz CT molecular complexity index is 783. The van der Waals surface area contributed by atoms with Crippen LogP contribution in [0.1, 0.15) is 0 Å². The van der Waals surface area contributed by atoms with Gasteiger partial charge in [-0.25, -0.2) is 9.78 Å². The van der Waals surface area contributed by atoms with E-state index in [1.54, 1.807) is 11.4 Å². The molecule has 3 heterocycles. The zero-order valence-electron chi connectivity index (χ0n) is 11.5. The van der Waals surface area contributed by atoms with Crippen LogP contribution >= 0.6 is 11.3 Å². The second kappa shape index (κ2) is 5.85. The number of carbonyl (C=O) groups excluding carboxylic acids is 1. The minimum atomic E-state index is -1.10. The molecule has 0 aromatic carbocycles. The maximum atomic E-state index is 12.3. The van der Waals surface area contributed by atoms with Gasteiger partial charge in [0.25, 0.3) is 5.56 Å². The van der Waals surface area contributed by atoms with E-state index in [0.29, 0.717) is 16.8 Å². The lowest BCUT2D eigenvalue weighted by Crippen LogP contribution is -2.49. The second-order valence-electron chi connectivity index (χ2n) is 4.85. The third-order valence-electron chi connectivity index (χ3n) is 3.45. The van der Waals surface area contributed by atoms with Crippen LogP contribution in [0.3, 0.4) is 0 Å². The number of aliphatic carboxylic acids is 1. The van der Waals surface area contributed by atoms with Gasteiger partial charge in [0.2, 0.25) is 5.91 Å². The summed E-state index contributed by atoms with van der Waals surface area (Å²) in [5.41, 5.74) is -0.275. The van der Waals surface area contributed by atoms with Crippen molar-refractivity contribution in [3.05, 3.63) is 28.1 Å². The number of amides is 1. The van der Waals surface area contributed by atoms with E-state index in [9.17, 15) is 14.4 Å². The summed E-state index contributed by atoms with van der Waals surface area (Å²) in [6.07, 6.45) is 0.320. The molecule has 1 N–H and O–H groups in total. The van der Waals surface area contributed by atoms with E-state index in [4.69, 9.17) is 9.84 Å². The zero-order chi connectivity index (χ0) is 15.7. The quantitative estimate of drug-likeness (QED) is 0.837. The van der Waals surface area contributed by atoms with E-state index < -0.39 is 12.1 Å². The fourth-order valence-electron chi connectivity index (χ4n) is 2.28. The minimum Gasteiger partial charge on any atom is -0.479 e. The largest absolute Gasteiger partial charge is 0.479 e. The Labute approximate surface area is 128 Å². The van der Waals surface area contributed by atoms with Gasteiger partial charge in [-0.05, 0) is 11.4 Å². The second-order valence-corrected chi connectivity index (χ2v) is 5.75. The van der Waals surface area contributed by atoms with Crippen molar-refractivity contribution in [3.8, 4) is 0 Å². The van der Waals surface area contributed by atoms with Gasteiger partial charge >= 0.3 is 5.97 Å². The van der Waals surface area contributed by atoms with Gasteiger partial charge in [-0.2, -0.15) is 0 Å². The number of aromatic nitrogens is 2. The number of hydrogen-bond donors (Lipinski definition) is 1. The average Bonchev–Trinajstić information content (AvgIpc) is 2.99. The first-order valence-electron chi connectivity index (χ1n) is 6.61. The Morgan fingerprint density at radius 1 is 1.50 bits per heavy atom. The van der Waals surface area contributed by atoms with Crippen LogP contribution < -0.4 is 5.56 Å². The lowest BCUT2D eigenvalue weighted by atomic mass is 10.2. The number of carboxylic acid groups (broad SMARTS) is 1. The summed E-state index contributed by atoms with van der Waals surface area (Å²) >= 11 is 1.36. The zero-order valence-corrected chi connectivity index (χ0v) is 12.3. The molecule has 3 rings (SSSR count). The van der Waals surface area contributed by atoms with Gasteiger partial charge in [-0.15, -0.1) is 11.3 Å². The van der Waals surface area contributed by atoms with Gasteiger partial charge < -0.3 is 14.7 Å². The number of fused-ring (bicyclic) bond motifs is 1. The summed E-state index contributed by atoms with van der Waals surface area (Å²) in [5.74, 6) is -1.43. The lowest BCUT2D eigenvalue weighted by molar-refractivity contribution is -0.159. The Morgan fingerprint density at radius 3 is 3.09 bits per heavy atom. The van der Waals surface area contributed by atoms with Crippen molar-refractivity contribution in [2.75, 3.05) is 19.7 Å². The molecule has 1 atom stereocenters. The predicted octanol–water partition coefficient (Wildman–Crippen LogP) is -0.230. The highest BCUT2D eigenvalue weighted by Gasteiger charge is 2.29. The molecule has 8 nitrogen and oxygen atoms in total. The molecule has 0 radical (unpaired) electrons. The summed E-state index contributed by atoms with van der Waals surface area (Å²) in [6.45, 7) is 0.298. The van der Waals surface area contributed by atoms with Crippen molar-refractivity contribution < 1.29 is 19.4 Å². The first kappa shape index (κ1) is 14.7. The maximum absolute atomic E-state index is 12.3. The van der Waals surface area contributed by atoms with Crippen molar-refractivity contribution in [1.82, 2.24) is 14.5 Å². The molecule has 0 spiro atoms. The number of nitrogens with zero attached hydrogens (tertiary/aromatic N) is 3. The molecular weight excluding hydrogens is 310 g/mol. The van der Waals surface area contributed by atoms with Crippen molar-refractivity contribution >= 4 is 33.4 Å². The van der Waals surface area contributed by atoms with E-state index >= 15 is 0 Å². The van der Waals surface area contributed by atoms with E-state index in [-0.39, 0.29) is 31.2 Å². The smallest absolute Gasteiger partial charge is 0.334 e. The lowest BCUT2D eigenvalue weighted by Gasteiger charge is -2.30. The van der Waals surface area contributed by atoms with Gasteiger partial charge in [0.05, 0.1) is 24.9 Å². The molecule has 22 heavy (non-hydrogen) atoms. The minimum absolute atomic E-state index is 0.0168. The van der Waals surface area contributed by atoms with E-state index in [0.717, 1.165) is 0 Å². The molecule has 1 fully saturated rings. The van der Waals surface area contributed by atoms with Gasteiger partial charge in [-0.1, -0.05) is 0 Å². The summed E-state index contributed by atoms with van der Waals surface area (Å²) in [5, 5.41) is 11.2. The molecule has 116 valence electrons. The van der Waals surface area contributed by atoms with Crippen LogP contribution in [0, 0.1) is 0 Å². The first-order chi connectivity index (χ1) is 10.6. The molecule has 0 aliphatic carbocycles. The Balaban J connectivity index is 1.76. The Kier molecular flexibility index (Phi) is 3.90. The number of carboxylic acids is 1. The predicted molar refractivity (Wildman–Crippen MR) is 77.8 cm³/mol. The highest BCUT2D eigenvalue weighted by molar-refractivity contribution is 7.16. The highest BCUT2D eigenvalue weighted by Crippen LogP contribution is 2.13. The molecule has 1 unspecified atom stereocenters. The fourth-order valence-corrected chi connectivity index (χ4v) is 3.00. The highest BCUT2D eigenvalue weighted by atomic mass is 32.1. The van der Waals surface area contributed by atoms with Crippen molar-refractivity contribution in [2.45, 2.75) is 12.6 Å². The van der Waals surface area contributed by atoms with E-state index in [1.807, 2.05) is 0 Å².